The number of hydrogen-bond acceptors (Lipinski definition) is 5. The fourth-order valence-corrected chi connectivity index (χ4v) is 4.60. The van der Waals surface area contributed by atoms with Gasteiger partial charge >= 0.3 is 5.97 Å². The highest BCUT2D eigenvalue weighted by molar-refractivity contribution is 9.10. The molecule has 0 bridgehead atoms. The number of ether oxygens (including phenoxy) is 2. The Morgan fingerprint density at radius 2 is 1.93 bits per heavy atom. The molecule has 150 valence electrons. The van der Waals surface area contributed by atoms with E-state index in [9.17, 15) is 4.79 Å². The van der Waals surface area contributed by atoms with Crippen LogP contribution in [-0.4, -0.2) is 36.1 Å². The summed E-state index contributed by atoms with van der Waals surface area (Å²) in [6, 6.07) is 13.5. The van der Waals surface area contributed by atoms with Crippen LogP contribution in [0, 0.1) is 0 Å². The molecule has 1 aliphatic rings. The zero-order valence-electron chi connectivity index (χ0n) is 15.9. The van der Waals surface area contributed by atoms with Gasteiger partial charge in [0, 0.05) is 5.75 Å². The number of benzene rings is 2. The second-order valence-electron chi connectivity index (χ2n) is 6.88. The molecule has 5 nitrogen and oxygen atoms in total. The summed E-state index contributed by atoms with van der Waals surface area (Å²) in [5.41, 5.74) is 2.31. The van der Waals surface area contributed by atoms with Crippen LogP contribution < -0.4 is 14.8 Å². The zero-order valence-corrected chi connectivity index (χ0v) is 18.3. The molecule has 1 aliphatic heterocycles. The molecule has 1 fully saturated rings. The molecule has 28 heavy (non-hydrogen) atoms. The number of hydrogen-bond donors (Lipinski definition) is 2. The van der Waals surface area contributed by atoms with E-state index in [1.54, 1.807) is 11.8 Å². The fraction of sp³-hybridized carbons (Fsp3) is 0.381. The predicted molar refractivity (Wildman–Crippen MR) is 115 cm³/mol. The Bertz CT molecular complexity index is 813. The van der Waals surface area contributed by atoms with E-state index < -0.39 is 12.0 Å². The van der Waals surface area contributed by atoms with Gasteiger partial charge in [-0.1, -0.05) is 32.0 Å². The summed E-state index contributed by atoms with van der Waals surface area (Å²) in [7, 11) is 0. The third-order valence-corrected chi connectivity index (χ3v) is 6.38. The van der Waals surface area contributed by atoms with E-state index in [2.05, 4.69) is 47.2 Å². The van der Waals surface area contributed by atoms with Gasteiger partial charge in [-0.15, -0.1) is 11.8 Å². The van der Waals surface area contributed by atoms with Crippen LogP contribution in [-0.2, 0) is 4.79 Å². The van der Waals surface area contributed by atoms with Crippen LogP contribution in [0.1, 0.15) is 36.3 Å². The van der Waals surface area contributed by atoms with Gasteiger partial charge in [0.2, 0.25) is 0 Å². The summed E-state index contributed by atoms with van der Waals surface area (Å²) in [5.74, 6) is 1.82. The summed E-state index contributed by atoms with van der Waals surface area (Å²) in [6.45, 7) is 5.22. The standard InChI is InChI=1S/C21H24BrNO4S/c1-13(2)14-3-6-16(7-4-14)26-9-10-27-19-8-5-15(11-17(19)22)20-23-18(12-28-20)21(24)25/h3-8,11,13,18,20,23H,9-10,12H2,1-2H3,(H,24,25). The number of halogens is 1. The average molecular weight is 466 g/mol. The van der Waals surface area contributed by atoms with Crippen molar-refractivity contribution in [1.29, 1.82) is 0 Å². The highest BCUT2D eigenvalue weighted by Crippen LogP contribution is 2.36. The maximum absolute atomic E-state index is 11.1. The molecule has 0 radical (unpaired) electrons. The SMILES string of the molecule is CC(C)c1ccc(OCCOc2ccc(C3NC(C(=O)O)CS3)cc2Br)cc1. The van der Waals surface area contributed by atoms with E-state index in [-0.39, 0.29) is 5.37 Å². The first-order valence-corrected chi connectivity index (χ1v) is 11.0. The molecule has 2 aromatic carbocycles. The zero-order chi connectivity index (χ0) is 20.1. The minimum absolute atomic E-state index is 0.0244. The summed E-state index contributed by atoms with van der Waals surface area (Å²) in [5, 5.41) is 12.2. The molecule has 3 rings (SSSR count). The van der Waals surface area contributed by atoms with Crippen molar-refractivity contribution in [2.75, 3.05) is 19.0 Å². The van der Waals surface area contributed by atoms with Crippen molar-refractivity contribution in [1.82, 2.24) is 5.32 Å². The van der Waals surface area contributed by atoms with Gasteiger partial charge < -0.3 is 14.6 Å². The maximum Gasteiger partial charge on any atom is 0.321 e. The van der Waals surface area contributed by atoms with E-state index in [0.29, 0.717) is 24.9 Å². The third-order valence-electron chi connectivity index (χ3n) is 4.50. The van der Waals surface area contributed by atoms with Crippen molar-refractivity contribution in [3.8, 4) is 11.5 Å². The van der Waals surface area contributed by atoms with Gasteiger partial charge in [0.05, 0.1) is 9.85 Å². The molecule has 2 unspecified atom stereocenters. The Kier molecular flexibility index (Phi) is 7.26. The number of aliphatic carboxylic acids is 1. The maximum atomic E-state index is 11.1. The van der Waals surface area contributed by atoms with Gasteiger partial charge in [0.1, 0.15) is 30.8 Å². The summed E-state index contributed by atoms with van der Waals surface area (Å²) in [4.78, 5) is 11.1. The van der Waals surface area contributed by atoms with Crippen molar-refractivity contribution in [3.05, 3.63) is 58.1 Å². The van der Waals surface area contributed by atoms with Crippen LogP contribution >= 0.6 is 27.7 Å². The van der Waals surface area contributed by atoms with Gasteiger partial charge in [-0.2, -0.15) is 0 Å². The van der Waals surface area contributed by atoms with Crippen molar-refractivity contribution in [2.24, 2.45) is 0 Å². The van der Waals surface area contributed by atoms with E-state index in [0.717, 1.165) is 21.5 Å². The second kappa shape index (κ2) is 9.67. The molecule has 2 aromatic rings. The molecule has 2 N–H and O–H groups in total. The lowest BCUT2D eigenvalue weighted by Crippen LogP contribution is -2.33. The van der Waals surface area contributed by atoms with Crippen molar-refractivity contribution >= 4 is 33.7 Å². The molecule has 2 atom stereocenters. The molecule has 1 saturated heterocycles. The van der Waals surface area contributed by atoms with Gasteiger partial charge in [0.25, 0.3) is 0 Å². The van der Waals surface area contributed by atoms with Crippen LogP contribution in [0.3, 0.4) is 0 Å². The number of carbonyl (C=O) groups is 1. The Morgan fingerprint density at radius 3 is 2.54 bits per heavy atom. The number of thioether (sulfide) groups is 1. The van der Waals surface area contributed by atoms with Crippen LogP contribution in [0.4, 0.5) is 0 Å². The topological polar surface area (TPSA) is 67.8 Å². The van der Waals surface area contributed by atoms with Gasteiger partial charge in [-0.3, -0.25) is 10.1 Å². The van der Waals surface area contributed by atoms with E-state index in [4.69, 9.17) is 14.6 Å². The first-order chi connectivity index (χ1) is 13.4. The van der Waals surface area contributed by atoms with Gasteiger partial charge in [-0.25, -0.2) is 0 Å². The van der Waals surface area contributed by atoms with Crippen molar-refractivity contribution in [3.63, 3.8) is 0 Å². The normalized spacial score (nSPS) is 19.0. The third kappa shape index (κ3) is 5.43. The highest BCUT2D eigenvalue weighted by Gasteiger charge is 2.30. The van der Waals surface area contributed by atoms with Crippen LogP contribution in [0.5, 0.6) is 11.5 Å². The molecule has 0 amide bonds. The Morgan fingerprint density at radius 1 is 1.21 bits per heavy atom. The number of carboxylic acid groups (broad SMARTS) is 1. The minimum Gasteiger partial charge on any atom is -0.490 e. The lowest BCUT2D eigenvalue weighted by Gasteiger charge is -2.14. The smallest absolute Gasteiger partial charge is 0.321 e. The molecular weight excluding hydrogens is 442 g/mol. The molecule has 0 aliphatic carbocycles. The first-order valence-electron chi connectivity index (χ1n) is 9.19. The van der Waals surface area contributed by atoms with Crippen LogP contribution in [0.2, 0.25) is 0 Å². The first kappa shape index (κ1) is 21.0. The van der Waals surface area contributed by atoms with Crippen LogP contribution in [0.25, 0.3) is 0 Å². The monoisotopic (exact) mass is 465 g/mol. The summed E-state index contributed by atoms with van der Waals surface area (Å²) >= 11 is 5.13. The lowest BCUT2D eigenvalue weighted by atomic mass is 10.0. The van der Waals surface area contributed by atoms with Crippen molar-refractivity contribution < 1.29 is 19.4 Å². The lowest BCUT2D eigenvalue weighted by molar-refractivity contribution is -0.138. The van der Waals surface area contributed by atoms with Gasteiger partial charge in [0.15, 0.2) is 0 Å². The molecule has 0 saturated carbocycles. The van der Waals surface area contributed by atoms with E-state index >= 15 is 0 Å². The Labute approximate surface area is 177 Å². The number of carboxylic acids is 1. The summed E-state index contributed by atoms with van der Waals surface area (Å²) in [6.07, 6.45) is 0. The van der Waals surface area contributed by atoms with Crippen LogP contribution in [0.15, 0.2) is 46.9 Å². The quantitative estimate of drug-likeness (QED) is 0.544. The van der Waals surface area contributed by atoms with Gasteiger partial charge in [-0.05, 0) is 57.2 Å². The molecule has 0 spiro atoms. The molecular formula is C21H24BrNO4S. The average Bonchev–Trinajstić information content (AvgIpc) is 3.17. The van der Waals surface area contributed by atoms with E-state index in [1.165, 1.54) is 5.56 Å². The summed E-state index contributed by atoms with van der Waals surface area (Å²) < 4.78 is 12.4. The molecule has 7 heteroatoms. The predicted octanol–water partition coefficient (Wildman–Crippen LogP) is 4.82. The van der Waals surface area contributed by atoms with E-state index in [1.807, 2.05) is 30.3 Å². The number of rotatable bonds is 8. The molecule has 0 aromatic heterocycles. The minimum atomic E-state index is -0.812. The second-order valence-corrected chi connectivity index (χ2v) is 8.87. The molecule has 1 heterocycles. The Balaban J connectivity index is 1.48. The largest absolute Gasteiger partial charge is 0.490 e. The highest BCUT2D eigenvalue weighted by atomic mass is 79.9. The van der Waals surface area contributed by atoms with Crippen molar-refractivity contribution in [2.45, 2.75) is 31.2 Å². The Hall–Kier alpha value is -1.70. The fourth-order valence-electron chi connectivity index (χ4n) is 2.86. The number of nitrogens with one attached hydrogen (secondary N) is 1.